The van der Waals surface area contributed by atoms with Crippen LogP contribution in [0.25, 0.3) is 10.9 Å². The average molecular weight is 1130 g/mol. The van der Waals surface area contributed by atoms with Gasteiger partial charge in [0.1, 0.15) is 54.1 Å². The molecule has 28 nitrogen and oxygen atoms in total. The van der Waals surface area contributed by atoms with Crippen molar-refractivity contribution in [2.24, 2.45) is 17.4 Å². The lowest BCUT2D eigenvalue weighted by atomic mass is 10.0. The number of primary amides is 2. The first-order valence-corrected chi connectivity index (χ1v) is 26.6. The third-order valence-corrected chi connectivity index (χ3v) is 13.7. The number of benzene rings is 2. The number of aromatic hydroxyl groups is 1. The summed E-state index contributed by atoms with van der Waals surface area (Å²) in [6, 6.07) is -0.469. The maximum Gasteiger partial charge on any atom is 0.326 e. The van der Waals surface area contributed by atoms with Gasteiger partial charge in [0, 0.05) is 49.3 Å². The number of phenolic OH excluding ortho intramolecular Hbond substituents is 1. The van der Waals surface area contributed by atoms with Crippen LogP contribution in [0.3, 0.4) is 0 Å². The molecule has 1 aromatic heterocycles. The van der Waals surface area contributed by atoms with Crippen LogP contribution in [0.5, 0.6) is 5.75 Å². The highest BCUT2D eigenvalue weighted by Crippen LogP contribution is 2.23. The van der Waals surface area contributed by atoms with Crippen molar-refractivity contribution in [1.29, 1.82) is 0 Å². The first kappa shape index (κ1) is 63.2. The van der Waals surface area contributed by atoms with Crippen LogP contribution in [-0.2, 0) is 70.4 Å². The quantitative estimate of drug-likeness (QED) is 0.0304. The molecule has 440 valence electrons. The Bertz CT molecular complexity index is 2780. The number of likely N-dealkylation sites (tertiary alicyclic amines) is 1. The second kappa shape index (κ2) is 30.1. The molecule has 2 aliphatic rings. The van der Waals surface area contributed by atoms with Gasteiger partial charge in [-0.05, 0) is 86.7 Å². The molecular formula is C53H72N12O16. The highest BCUT2D eigenvalue weighted by Gasteiger charge is 2.40. The molecule has 0 radical (unpaired) electrons. The molecule has 0 saturated carbocycles. The Morgan fingerprint density at radius 2 is 1.20 bits per heavy atom. The van der Waals surface area contributed by atoms with E-state index in [4.69, 9.17) is 11.5 Å². The normalized spacial score (nSPS) is 17.5. The summed E-state index contributed by atoms with van der Waals surface area (Å²) in [5.74, 6) is -12.9. The molecule has 28 heteroatoms. The fraction of sp³-hybridized carbons (Fsp3) is 0.509. The summed E-state index contributed by atoms with van der Waals surface area (Å²) >= 11 is 0. The summed E-state index contributed by atoms with van der Waals surface area (Å²) in [5.41, 5.74) is 12.6. The number of aromatic nitrogens is 1. The number of aliphatic hydroxyl groups excluding tert-OH is 1. The topological polar surface area (TPSA) is 453 Å². The lowest BCUT2D eigenvalue weighted by Gasteiger charge is -2.29. The molecule has 0 aliphatic carbocycles. The van der Waals surface area contributed by atoms with Gasteiger partial charge in [-0.25, -0.2) is 4.79 Å². The number of aliphatic carboxylic acids is 2. The number of hydrogen-bond acceptors (Lipinski definition) is 15. The maximum absolute atomic E-state index is 14.7. The molecule has 2 saturated heterocycles. The first-order chi connectivity index (χ1) is 38.4. The second-order valence-electron chi connectivity index (χ2n) is 20.5. The van der Waals surface area contributed by atoms with Crippen LogP contribution < -0.4 is 54.0 Å². The summed E-state index contributed by atoms with van der Waals surface area (Å²) in [5, 5.41) is 59.9. The Morgan fingerprint density at radius 1 is 0.642 bits per heavy atom. The zero-order valence-electron chi connectivity index (χ0n) is 44.9. The number of phenols is 1. The number of nitrogens with one attached hydrogen (secondary N) is 9. The van der Waals surface area contributed by atoms with E-state index in [-0.39, 0.29) is 36.8 Å². The molecule has 10 amide bonds. The van der Waals surface area contributed by atoms with Gasteiger partial charge >= 0.3 is 11.9 Å². The van der Waals surface area contributed by atoms with Gasteiger partial charge in [0.2, 0.25) is 59.1 Å². The molecule has 2 fully saturated rings. The van der Waals surface area contributed by atoms with Crippen molar-refractivity contribution in [1.82, 2.24) is 52.4 Å². The number of hydrogen-bond donors (Lipinski definition) is 15. The van der Waals surface area contributed by atoms with Gasteiger partial charge in [-0.15, -0.1) is 0 Å². The molecule has 0 bridgehead atoms. The standard InChI is InChI=1S/C53H72N12O16/c1-27(2)21-39(53(80)81)63-45(72)34(16-18-44(70)71)59-50(77)40(26-66)64-46(73)33(15-17-42(54)68)58-49(76)38(24-43(55)69)61-47(74)36(22-28-11-13-30(67)14-12-28)60-48(75)37(23-29-25-57-32-8-4-3-7-31(29)32)62-51(78)41-10-6-20-65(41)52(79)35-9-5-19-56-35/h3-4,7-8,11-14,25,27,33-41,56-57,66-67H,5-6,9-10,15-24,26H2,1-2H3,(H2,54,68)(H2,55,69)(H,58,76)(H,59,77)(H,60,75)(H,61,74)(H,62,78)(H,63,72)(H,64,73)(H,70,71)(H,80,81)/t33-,34-,35-,36-,37-,38-,39-,40-,41-/m0/s1. The summed E-state index contributed by atoms with van der Waals surface area (Å²) in [7, 11) is 0. The summed E-state index contributed by atoms with van der Waals surface area (Å²) < 4.78 is 0. The summed E-state index contributed by atoms with van der Waals surface area (Å²) in [6.07, 6.45) is 0.102. The predicted octanol–water partition coefficient (Wildman–Crippen LogP) is -3.08. The number of nitrogens with zero attached hydrogens (tertiary/aromatic N) is 1. The van der Waals surface area contributed by atoms with Crippen LogP contribution in [0, 0.1) is 5.92 Å². The Labute approximate surface area is 465 Å². The summed E-state index contributed by atoms with van der Waals surface area (Å²) in [4.78, 5) is 164. The Kier molecular flexibility index (Phi) is 23.5. The smallest absolute Gasteiger partial charge is 0.326 e. The fourth-order valence-electron chi connectivity index (χ4n) is 9.50. The Balaban J connectivity index is 1.38. The van der Waals surface area contributed by atoms with E-state index in [1.165, 1.54) is 29.2 Å². The van der Waals surface area contributed by atoms with Crippen molar-refractivity contribution in [2.75, 3.05) is 19.7 Å². The number of carbonyl (C=O) groups excluding carboxylic acids is 10. The Hall–Kier alpha value is -8.66. The van der Waals surface area contributed by atoms with E-state index in [0.717, 1.165) is 17.3 Å². The third kappa shape index (κ3) is 19.0. The van der Waals surface area contributed by atoms with Crippen LogP contribution in [0.2, 0.25) is 0 Å². The van der Waals surface area contributed by atoms with Crippen molar-refractivity contribution >= 4 is 81.9 Å². The monoisotopic (exact) mass is 1130 g/mol. The molecule has 2 aromatic carbocycles. The molecule has 81 heavy (non-hydrogen) atoms. The molecule has 2 aliphatic heterocycles. The number of carbonyl (C=O) groups is 12. The van der Waals surface area contributed by atoms with Gasteiger partial charge < -0.3 is 84.3 Å². The molecule has 5 rings (SSSR count). The van der Waals surface area contributed by atoms with Crippen LogP contribution in [-0.4, -0.2) is 175 Å². The molecule has 3 aromatic rings. The lowest BCUT2D eigenvalue weighted by molar-refractivity contribution is -0.143. The van der Waals surface area contributed by atoms with Crippen LogP contribution in [0.4, 0.5) is 0 Å². The van der Waals surface area contributed by atoms with E-state index in [1.807, 2.05) is 6.07 Å². The van der Waals surface area contributed by atoms with Gasteiger partial charge in [-0.2, -0.15) is 0 Å². The maximum atomic E-state index is 14.7. The SMILES string of the molecule is CC(C)C[C@H](NC(=O)[C@H](CCC(=O)O)NC(=O)[C@H](CO)NC(=O)[C@H](CCC(N)=O)NC(=O)[C@H](CC(N)=O)NC(=O)[C@H](Cc1ccc(O)cc1)NC(=O)[C@H](Cc1c[nH]c2ccccc12)NC(=O)[C@@H]1CCCN1C(=O)[C@@H]1CCCN1)C(=O)O. The summed E-state index contributed by atoms with van der Waals surface area (Å²) in [6.45, 7) is 3.18. The molecule has 17 N–H and O–H groups in total. The van der Waals surface area contributed by atoms with E-state index in [0.29, 0.717) is 43.5 Å². The molecular weight excluding hydrogens is 1060 g/mol. The van der Waals surface area contributed by atoms with Crippen LogP contribution in [0.15, 0.2) is 54.7 Å². The number of aliphatic hydroxyl groups is 1. The number of amides is 10. The minimum Gasteiger partial charge on any atom is -0.508 e. The molecule has 9 atom stereocenters. The van der Waals surface area contributed by atoms with Crippen LogP contribution >= 0.6 is 0 Å². The zero-order valence-corrected chi connectivity index (χ0v) is 44.9. The third-order valence-electron chi connectivity index (χ3n) is 13.7. The molecule has 0 spiro atoms. The van der Waals surface area contributed by atoms with Crippen molar-refractivity contribution in [3.63, 3.8) is 0 Å². The van der Waals surface area contributed by atoms with Crippen molar-refractivity contribution < 1.29 is 78.0 Å². The van der Waals surface area contributed by atoms with Gasteiger partial charge in [0.15, 0.2) is 0 Å². The number of carboxylic acid groups (broad SMARTS) is 2. The number of nitrogens with two attached hydrogens (primary N) is 2. The predicted molar refractivity (Wildman–Crippen MR) is 286 cm³/mol. The fourth-order valence-corrected chi connectivity index (χ4v) is 9.50. The lowest BCUT2D eigenvalue weighted by Crippen LogP contribution is -2.61. The second-order valence-corrected chi connectivity index (χ2v) is 20.5. The number of aromatic amines is 1. The number of para-hydroxylation sites is 1. The van der Waals surface area contributed by atoms with Crippen LogP contribution in [0.1, 0.15) is 89.2 Å². The van der Waals surface area contributed by atoms with E-state index < -0.39 is 158 Å². The van der Waals surface area contributed by atoms with Crippen molar-refractivity contribution in [2.45, 2.75) is 145 Å². The number of H-pyrrole nitrogens is 1. The van der Waals surface area contributed by atoms with Gasteiger partial charge in [0.05, 0.1) is 19.1 Å². The van der Waals surface area contributed by atoms with Crippen molar-refractivity contribution in [3.05, 3.63) is 65.9 Å². The van der Waals surface area contributed by atoms with Gasteiger partial charge in [0.25, 0.3) is 0 Å². The Morgan fingerprint density at radius 3 is 1.78 bits per heavy atom. The highest BCUT2D eigenvalue weighted by atomic mass is 16.4. The van der Waals surface area contributed by atoms with E-state index >= 15 is 0 Å². The first-order valence-electron chi connectivity index (χ1n) is 26.6. The average Bonchev–Trinajstić information content (AvgIpc) is 4.40. The molecule has 3 heterocycles. The largest absolute Gasteiger partial charge is 0.508 e. The van der Waals surface area contributed by atoms with Crippen molar-refractivity contribution in [3.8, 4) is 5.75 Å². The van der Waals surface area contributed by atoms with E-state index in [1.54, 1.807) is 38.2 Å². The number of fused-ring (bicyclic) bond motifs is 1. The van der Waals surface area contributed by atoms with Gasteiger partial charge in [-0.1, -0.05) is 44.2 Å². The minimum atomic E-state index is -1.93. The minimum absolute atomic E-state index is 0.0341. The van der Waals surface area contributed by atoms with Gasteiger partial charge in [-0.3, -0.25) is 52.7 Å². The molecule has 0 unspecified atom stereocenters. The number of rotatable bonds is 31. The van der Waals surface area contributed by atoms with E-state index in [2.05, 4.69) is 47.5 Å². The van der Waals surface area contributed by atoms with E-state index in [9.17, 15) is 78.0 Å². The number of carboxylic acids is 2. The highest BCUT2D eigenvalue weighted by molar-refractivity contribution is 6.00. The zero-order chi connectivity index (χ0) is 59.5.